The van der Waals surface area contributed by atoms with Gasteiger partial charge in [0.1, 0.15) is 5.75 Å². The van der Waals surface area contributed by atoms with E-state index in [-0.39, 0.29) is 17.1 Å². The van der Waals surface area contributed by atoms with Gasteiger partial charge in [-0.15, -0.1) is 0 Å². The zero-order chi connectivity index (χ0) is 22.1. The second-order valence-corrected chi connectivity index (χ2v) is 8.91. The number of carbonyl (C=O) groups is 3. The monoisotopic (exact) mass is 439 g/mol. The highest BCUT2D eigenvalue weighted by Crippen LogP contribution is 2.36. The van der Waals surface area contributed by atoms with E-state index in [4.69, 9.17) is 4.74 Å². The van der Waals surface area contributed by atoms with Gasteiger partial charge in [0.05, 0.1) is 5.25 Å². The van der Waals surface area contributed by atoms with Crippen molar-refractivity contribution >= 4 is 28.9 Å². The van der Waals surface area contributed by atoms with Crippen LogP contribution in [0.2, 0.25) is 0 Å². The minimum absolute atomic E-state index is 0.264. The van der Waals surface area contributed by atoms with E-state index in [0.29, 0.717) is 18.6 Å². The molecule has 3 rings (SSSR count). The first kappa shape index (κ1) is 23.1. The summed E-state index contributed by atoms with van der Waals surface area (Å²) in [6.07, 6.45) is 7.28. The van der Waals surface area contributed by atoms with E-state index in [9.17, 15) is 14.4 Å². The number of hydrogen-bond acceptors (Lipinski definition) is 5. The van der Waals surface area contributed by atoms with Crippen molar-refractivity contribution in [2.45, 2.75) is 63.5 Å². The largest absolute Gasteiger partial charge is 0.426 e. The van der Waals surface area contributed by atoms with Gasteiger partial charge >= 0.3 is 5.97 Å². The molecule has 164 valence electrons. The molecular formula is C25H29NO4S. The quantitative estimate of drug-likeness (QED) is 0.268. The Hall–Kier alpha value is -2.60. The van der Waals surface area contributed by atoms with Gasteiger partial charge in [0.2, 0.25) is 5.91 Å². The number of ether oxygens (including phenoxy) is 1. The standard InChI is InChI=1S/C25H29NO4S/c1-2-3-4-5-6-10-16-22(27)30-23-19(17-21-24(28)26-25(29)31-21)14-11-15-20(23)18-12-8-7-9-13-18/h7-9,11-15,21H,2-6,10,16-17H2,1H3,(H,26,28,29). The maximum atomic E-state index is 12.6. The molecule has 31 heavy (non-hydrogen) atoms. The number of thioether (sulfide) groups is 1. The maximum absolute atomic E-state index is 12.6. The number of amides is 2. The molecule has 1 N–H and O–H groups in total. The van der Waals surface area contributed by atoms with Crippen LogP contribution in [0.3, 0.4) is 0 Å². The molecule has 0 saturated carbocycles. The molecule has 1 aliphatic rings. The Balaban J connectivity index is 1.76. The van der Waals surface area contributed by atoms with Gasteiger partial charge in [-0.2, -0.15) is 0 Å². The minimum Gasteiger partial charge on any atom is -0.426 e. The molecule has 6 heteroatoms. The van der Waals surface area contributed by atoms with Crippen molar-refractivity contribution in [3.63, 3.8) is 0 Å². The molecule has 1 atom stereocenters. The van der Waals surface area contributed by atoms with E-state index in [1.807, 2.05) is 48.5 Å². The van der Waals surface area contributed by atoms with Crippen molar-refractivity contribution in [1.29, 1.82) is 0 Å². The lowest BCUT2D eigenvalue weighted by Gasteiger charge is -2.16. The average molecular weight is 440 g/mol. The lowest BCUT2D eigenvalue weighted by Crippen LogP contribution is -2.25. The second kappa shape index (κ2) is 11.7. The SMILES string of the molecule is CCCCCCCCC(=O)Oc1c(CC2SC(=O)NC2=O)cccc1-c1ccccc1. The number of hydrogen-bond donors (Lipinski definition) is 1. The summed E-state index contributed by atoms with van der Waals surface area (Å²) in [7, 11) is 0. The molecule has 5 nitrogen and oxygen atoms in total. The van der Waals surface area contributed by atoms with Crippen LogP contribution < -0.4 is 10.1 Å². The summed E-state index contributed by atoms with van der Waals surface area (Å²) < 4.78 is 5.87. The van der Waals surface area contributed by atoms with Gasteiger partial charge in [0.15, 0.2) is 0 Å². The molecule has 2 aromatic rings. The number of nitrogens with one attached hydrogen (secondary N) is 1. The van der Waals surface area contributed by atoms with Crippen LogP contribution in [-0.2, 0) is 16.0 Å². The number of esters is 1. The molecule has 0 radical (unpaired) electrons. The van der Waals surface area contributed by atoms with Crippen molar-refractivity contribution in [1.82, 2.24) is 5.32 Å². The predicted octanol–water partition coefficient (Wildman–Crippen LogP) is 5.90. The van der Waals surface area contributed by atoms with Crippen LogP contribution in [0.25, 0.3) is 11.1 Å². The van der Waals surface area contributed by atoms with Crippen LogP contribution in [0.1, 0.15) is 57.4 Å². The van der Waals surface area contributed by atoms with Gasteiger partial charge in [-0.3, -0.25) is 19.7 Å². The number of benzene rings is 2. The Labute approximate surface area is 187 Å². The number of imide groups is 1. The Morgan fingerprint density at radius 1 is 0.968 bits per heavy atom. The van der Waals surface area contributed by atoms with Crippen LogP contribution in [-0.4, -0.2) is 22.4 Å². The van der Waals surface area contributed by atoms with Crippen LogP contribution in [0.5, 0.6) is 5.75 Å². The fourth-order valence-electron chi connectivity index (χ4n) is 3.65. The Bertz CT molecular complexity index is 913. The zero-order valence-electron chi connectivity index (χ0n) is 17.9. The summed E-state index contributed by atoms with van der Waals surface area (Å²) in [5.74, 6) is -0.0818. The molecular weight excluding hydrogens is 410 g/mol. The summed E-state index contributed by atoms with van der Waals surface area (Å²) in [5, 5.41) is 1.46. The highest BCUT2D eigenvalue weighted by molar-refractivity contribution is 8.15. The lowest BCUT2D eigenvalue weighted by atomic mass is 9.98. The number of carbonyl (C=O) groups excluding carboxylic acids is 3. The van der Waals surface area contributed by atoms with Crippen molar-refractivity contribution in [3.8, 4) is 16.9 Å². The summed E-state index contributed by atoms with van der Waals surface area (Å²) in [6, 6.07) is 15.4. The third-order valence-electron chi connectivity index (χ3n) is 5.30. The molecule has 1 aliphatic heterocycles. The van der Waals surface area contributed by atoms with Gasteiger partial charge in [0.25, 0.3) is 5.24 Å². The van der Waals surface area contributed by atoms with Crippen LogP contribution in [0, 0.1) is 0 Å². The van der Waals surface area contributed by atoms with Crippen molar-refractivity contribution in [2.75, 3.05) is 0 Å². The van der Waals surface area contributed by atoms with Gasteiger partial charge < -0.3 is 4.74 Å². The minimum atomic E-state index is -0.519. The smallest absolute Gasteiger partial charge is 0.311 e. The Morgan fingerprint density at radius 3 is 2.42 bits per heavy atom. The highest BCUT2D eigenvalue weighted by atomic mass is 32.2. The first-order chi connectivity index (χ1) is 15.1. The normalized spacial score (nSPS) is 15.7. The fraction of sp³-hybridized carbons (Fsp3) is 0.400. The maximum Gasteiger partial charge on any atom is 0.311 e. The van der Waals surface area contributed by atoms with Gasteiger partial charge in [-0.05, 0) is 24.0 Å². The van der Waals surface area contributed by atoms with E-state index < -0.39 is 5.25 Å². The summed E-state index contributed by atoms with van der Waals surface area (Å²) >= 11 is 0.981. The number of rotatable bonds is 11. The molecule has 1 saturated heterocycles. The molecule has 0 bridgehead atoms. The third-order valence-corrected chi connectivity index (χ3v) is 6.29. The van der Waals surface area contributed by atoms with E-state index in [0.717, 1.165) is 47.7 Å². The summed E-state index contributed by atoms with van der Waals surface area (Å²) in [6.45, 7) is 2.18. The molecule has 0 aliphatic carbocycles. The van der Waals surface area contributed by atoms with E-state index in [1.165, 1.54) is 19.3 Å². The molecule has 1 unspecified atom stereocenters. The predicted molar refractivity (Wildman–Crippen MR) is 124 cm³/mol. The van der Waals surface area contributed by atoms with Gasteiger partial charge in [-0.1, -0.05) is 99.3 Å². The molecule has 0 aromatic heterocycles. The number of para-hydroxylation sites is 1. The second-order valence-electron chi connectivity index (χ2n) is 7.74. The highest BCUT2D eigenvalue weighted by Gasteiger charge is 2.32. The first-order valence-electron chi connectivity index (χ1n) is 11.0. The molecule has 2 aromatic carbocycles. The van der Waals surface area contributed by atoms with Crippen molar-refractivity contribution < 1.29 is 19.1 Å². The van der Waals surface area contributed by atoms with E-state index in [1.54, 1.807) is 0 Å². The zero-order valence-corrected chi connectivity index (χ0v) is 18.7. The molecule has 1 heterocycles. The summed E-state index contributed by atoms with van der Waals surface area (Å²) in [4.78, 5) is 36.3. The Kier molecular flexibility index (Phi) is 8.71. The molecule has 1 fully saturated rings. The Morgan fingerprint density at radius 2 is 1.71 bits per heavy atom. The van der Waals surface area contributed by atoms with E-state index >= 15 is 0 Å². The average Bonchev–Trinajstić information content (AvgIpc) is 3.09. The molecule has 2 amide bonds. The van der Waals surface area contributed by atoms with Gasteiger partial charge in [0, 0.05) is 12.0 Å². The molecule has 0 spiro atoms. The topological polar surface area (TPSA) is 72.5 Å². The third kappa shape index (κ3) is 6.69. The van der Waals surface area contributed by atoms with Crippen LogP contribution in [0.15, 0.2) is 48.5 Å². The first-order valence-corrected chi connectivity index (χ1v) is 11.9. The van der Waals surface area contributed by atoms with Crippen LogP contribution >= 0.6 is 11.8 Å². The van der Waals surface area contributed by atoms with Crippen molar-refractivity contribution in [2.24, 2.45) is 0 Å². The van der Waals surface area contributed by atoms with Crippen molar-refractivity contribution in [3.05, 3.63) is 54.1 Å². The van der Waals surface area contributed by atoms with E-state index in [2.05, 4.69) is 12.2 Å². The van der Waals surface area contributed by atoms with Crippen LogP contribution in [0.4, 0.5) is 4.79 Å². The fourth-order valence-corrected chi connectivity index (χ4v) is 4.50. The summed E-state index contributed by atoms with van der Waals surface area (Å²) in [5.41, 5.74) is 2.50. The number of unbranched alkanes of at least 4 members (excludes halogenated alkanes) is 5. The lowest BCUT2D eigenvalue weighted by molar-refractivity contribution is -0.134. The van der Waals surface area contributed by atoms with Gasteiger partial charge in [-0.25, -0.2) is 0 Å².